The highest BCUT2D eigenvalue weighted by molar-refractivity contribution is 6.33. The lowest BCUT2D eigenvalue weighted by Gasteiger charge is -2.46. The number of nitrogens with one attached hydrogen (secondary N) is 1. The zero-order valence-electron chi connectivity index (χ0n) is 18.0. The van der Waals surface area contributed by atoms with Crippen LogP contribution in [0.1, 0.15) is 49.6 Å². The number of ether oxygens (including phenoxy) is 2. The largest absolute Gasteiger partial charge is 0.457 e. The standard InChI is InChI=1S/C24H29ClN2O3/c1-15-5-7-17(8-6-15)22-24(3,4)23(30-16(2)28)18-13-21(19(25)14-20(18)26-22)27-9-11-29-12-10-27/h5-8,13-14,22-23,26H,9-12H2,1-4H3/t22-,23-/m0/s1. The van der Waals surface area contributed by atoms with Crippen molar-refractivity contribution in [2.45, 2.75) is 39.8 Å². The number of hydrogen-bond acceptors (Lipinski definition) is 5. The van der Waals surface area contributed by atoms with Crippen LogP contribution in [0.3, 0.4) is 0 Å². The second-order valence-electron chi connectivity index (χ2n) is 8.79. The molecule has 30 heavy (non-hydrogen) atoms. The van der Waals surface area contributed by atoms with E-state index in [2.05, 4.69) is 61.3 Å². The van der Waals surface area contributed by atoms with Crippen LogP contribution in [0, 0.1) is 12.3 Å². The Morgan fingerprint density at radius 1 is 1.20 bits per heavy atom. The lowest BCUT2D eigenvalue weighted by molar-refractivity contribution is -0.154. The Hall–Kier alpha value is -2.24. The van der Waals surface area contributed by atoms with Crippen molar-refractivity contribution in [2.75, 3.05) is 36.5 Å². The van der Waals surface area contributed by atoms with Crippen LogP contribution >= 0.6 is 11.6 Å². The molecule has 0 aromatic heterocycles. The van der Waals surface area contributed by atoms with Gasteiger partial charge in [0.1, 0.15) is 6.10 Å². The molecular formula is C24H29ClN2O3. The minimum atomic E-state index is -0.394. The van der Waals surface area contributed by atoms with Crippen LogP contribution in [0.15, 0.2) is 36.4 Å². The van der Waals surface area contributed by atoms with Gasteiger partial charge in [0.05, 0.1) is 30.0 Å². The van der Waals surface area contributed by atoms with Crippen molar-refractivity contribution < 1.29 is 14.3 Å². The second kappa shape index (κ2) is 8.12. The fourth-order valence-electron chi connectivity index (χ4n) is 4.51. The topological polar surface area (TPSA) is 50.8 Å². The Morgan fingerprint density at radius 3 is 2.50 bits per heavy atom. The lowest BCUT2D eigenvalue weighted by atomic mass is 9.70. The van der Waals surface area contributed by atoms with Gasteiger partial charge in [-0.2, -0.15) is 0 Å². The predicted molar refractivity (Wildman–Crippen MR) is 120 cm³/mol. The zero-order valence-corrected chi connectivity index (χ0v) is 18.8. The number of hydrogen-bond donors (Lipinski definition) is 1. The molecular weight excluding hydrogens is 400 g/mol. The quantitative estimate of drug-likeness (QED) is 0.674. The average molecular weight is 429 g/mol. The molecule has 2 aromatic carbocycles. The van der Waals surface area contributed by atoms with Crippen LogP contribution in [0.4, 0.5) is 11.4 Å². The van der Waals surface area contributed by atoms with Gasteiger partial charge in [0, 0.05) is 36.7 Å². The molecule has 160 valence electrons. The number of halogens is 1. The number of carbonyl (C=O) groups excluding carboxylic acids is 1. The fourth-order valence-corrected chi connectivity index (χ4v) is 4.80. The Labute approximate surface area is 183 Å². The molecule has 0 spiro atoms. The van der Waals surface area contributed by atoms with Crippen LogP contribution in [0.5, 0.6) is 0 Å². The maximum Gasteiger partial charge on any atom is 0.303 e. The first kappa shape index (κ1) is 21.0. The first-order valence-corrected chi connectivity index (χ1v) is 10.8. The van der Waals surface area contributed by atoms with Gasteiger partial charge < -0.3 is 19.7 Å². The molecule has 5 nitrogen and oxygen atoms in total. The SMILES string of the molecule is CC(=O)O[C@H]1c2cc(N3CCOCC3)c(Cl)cc2N[C@@H](c2ccc(C)cc2)C1(C)C. The average Bonchev–Trinajstić information content (AvgIpc) is 2.71. The number of nitrogens with zero attached hydrogens (tertiary/aromatic N) is 1. The zero-order chi connectivity index (χ0) is 21.5. The van der Waals surface area contributed by atoms with E-state index in [9.17, 15) is 4.79 Å². The highest BCUT2D eigenvalue weighted by atomic mass is 35.5. The molecule has 1 saturated heterocycles. The van der Waals surface area contributed by atoms with Crippen LogP contribution in [0.25, 0.3) is 0 Å². The van der Waals surface area contributed by atoms with Gasteiger partial charge in [0.15, 0.2) is 0 Å². The number of carbonyl (C=O) groups is 1. The summed E-state index contributed by atoms with van der Waals surface area (Å²) >= 11 is 6.70. The van der Waals surface area contributed by atoms with E-state index in [-0.39, 0.29) is 17.4 Å². The van der Waals surface area contributed by atoms with Gasteiger partial charge in [-0.05, 0) is 24.6 Å². The summed E-state index contributed by atoms with van der Waals surface area (Å²) in [6.07, 6.45) is -0.394. The molecule has 0 radical (unpaired) electrons. The van der Waals surface area contributed by atoms with E-state index in [1.54, 1.807) is 0 Å². The molecule has 2 heterocycles. The molecule has 1 N–H and O–H groups in total. The summed E-state index contributed by atoms with van der Waals surface area (Å²) in [4.78, 5) is 14.3. The van der Waals surface area contributed by atoms with Gasteiger partial charge in [-0.25, -0.2) is 0 Å². The smallest absolute Gasteiger partial charge is 0.303 e. The van der Waals surface area contributed by atoms with Gasteiger partial charge in [-0.3, -0.25) is 4.79 Å². The summed E-state index contributed by atoms with van der Waals surface area (Å²) in [5, 5.41) is 4.37. The highest BCUT2D eigenvalue weighted by Gasteiger charge is 2.46. The van der Waals surface area contributed by atoms with Crippen LogP contribution in [0.2, 0.25) is 5.02 Å². The van der Waals surface area contributed by atoms with Crippen LogP contribution in [-0.4, -0.2) is 32.3 Å². The Bertz CT molecular complexity index is 936. The monoisotopic (exact) mass is 428 g/mol. The van der Waals surface area contributed by atoms with Gasteiger partial charge >= 0.3 is 5.97 Å². The summed E-state index contributed by atoms with van der Waals surface area (Å²) in [6.45, 7) is 10.8. The van der Waals surface area contributed by atoms with E-state index in [0.717, 1.165) is 35.6 Å². The highest BCUT2D eigenvalue weighted by Crippen LogP contribution is 2.54. The van der Waals surface area contributed by atoms with Crippen LogP contribution in [-0.2, 0) is 14.3 Å². The van der Waals surface area contributed by atoms with Crippen molar-refractivity contribution in [3.63, 3.8) is 0 Å². The summed E-state index contributed by atoms with van der Waals surface area (Å²) < 4.78 is 11.4. The fraction of sp³-hybridized carbons (Fsp3) is 0.458. The van der Waals surface area contributed by atoms with Crippen molar-refractivity contribution in [1.29, 1.82) is 0 Å². The summed E-state index contributed by atoms with van der Waals surface area (Å²) in [6, 6.07) is 12.5. The molecule has 2 atom stereocenters. The lowest BCUT2D eigenvalue weighted by Crippen LogP contribution is -2.41. The molecule has 0 amide bonds. The normalized spacial score (nSPS) is 22.8. The van der Waals surface area contributed by atoms with Gasteiger partial charge in [0.25, 0.3) is 0 Å². The number of anilines is 2. The first-order valence-electron chi connectivity index (χ1n) is 10.4. The Balaban J connectivity index is 1.80. The number of rotatable bonds is 3. The van der Waals surface area contributed by atoms with Gasteiger partial charge in [-0.1, -0.05) is 55.3 Å². The minimum absolute atomic E-state index is 0.0275. The molecule has 0 bridgehead atoms. The third-order valence-corrected chi connectivity index (χ3v) is 6.47. The molecule has 2 aliphatic rings. The first-order chi connectivity index (χ1) is 14.3. The maximum absolute atomic E-state index is 12.1. The third-order valence-electron chi connectivity index (χ3n) is 6.17. The second-order valence-corrected chi connectivity index (χ2v) is 9.20. The molecule has 2 aromatic rings. The van der Waals surface area contributed by atoms with Crippen molar-refractivity contribution >= 4 is 28.9 Å². The number of morpholine rings is 1. The maximum atomic E-state index is 12.1. The molecule has 6 heteroatoms. The molecule has 0 unspecified atom stereocenters. The number of benzene rings is 2. The van der Waals surface area contributed by atoms with Crippen molar-refractivity contribution in [1.82, 2.24) is 0 Å². The van der Waals surface area contributed by atoms with Gasteiger partial charge in [0.2, 0.25) is 0 Å². The van der Waals surface area contributed by atoms with E-state index in [1.807, 2.05) is 6.07 Å². The predicted octanol–water partition coefficient (Wildman–Crippen LogP) is 5.28. The van der Waals surface area contributed by atoms with E-state index in [0.29, 0.717) is 18.2 Å². The summed E-state index contributed by atoms with van der Waals surface area (Å²) in [7, 11) is 0. The van der Waals surface area contributed by atoms with E-state index >= 15 is 0 Å². The molecule has 0 saturated carbocycles. The molecule has 4 rings (SSSR count). The number of fused-ring (bicyclic) bond motifs is 1. The molecule has 1 fully saturated rings. The summed E-state index contributed by atoms with van der Waals surface area (Å²) in [5.41, 5.74) is 4.83. The van der Waals surface area contributed by atoms with E-state index in [1.165, 1.54) is 12.5 Å². The minimum Gasteiger partial charge on any atom is -0.457 e. The van der Waals surface area contributed by atoms with Crippen LogP contribution < -0.4 is 10.2 Å². The van der Waals surface area contributed by atoms with Crippen molar-refractivity contribution in [2.24, 2.45) is 5.41 Å². The Morgan fingerprint density at radius 2 is 1.87 bits per heavy atom. The van der Waals surface area contributed by atoms with Crippen molar-refractivity contribution in [3.8, 4) is 0 Å². The van der Waals surface area contributed by atoms with E-state index < -0.39 is 6.10 Å². The molecule has 0 aliphatic carbocycles. The number of esters is 1. The van der Waals surface area contributed by atoms with Crippen molar-refractivity contribution in [3.05, 3.63) is 58.1 Å². The number of aryl methyl sites for hydroxylation is 1. The van der Waals surface area contributed by atoms with Gasteiger partial charge in [-0.15, -0.1) is 0 Å². The Kier molecular flexibility index (Phi) is 5.69. The molecule has 2 aliphatic heterocycles. The third kappa shape index (κ3) is 3.88. The van der Waals surface area contributed by atoms with E-state index in [4.69, 9.17) is 21.1 Å². The summed E-state index contributed by atoms with van der Waals surface area (Å²) in [5.74, 6) is -0.286.